The molecule has 0 saturated heterocycles. The highest BCUT2D eigenvalue weighted by Gasteiger charge is 2.29. The lowest BCUT2D eigenvalue weighted by Gasteiger charge is -2.12. The van der Waals surface area contributed by atoms with Gasteiger partial charge in [-0.15, -0.1) is 0 Å². The maximum absolute atomic E-state index is 12.5. The van der Waals surface area contributed by atoms with Crippen LogP contribution in [0.1, 0.15) is 57.4 Å². The summed E-state index contributed by atoms with van der Waals surface area (Å²) in [6.07, 6.45) is 6.00. The smallest absolute Gasteiger partial charge is 0.220 e. The minimum absolute atomic E-state index is 0.0458. The zero-order valence-electron chi connectivity index (χ0n) is 13.2. The molecular formula is C17H25NO3S. The molecule has 122 valence electrons. The van der Waals surface area contributed by atoms with Gasteiger partial charge in [-0.3, -0.25) is 4.79 Å². The molecule has 0 unspecified atom stereocenters. The van der Waals surface area contributed by atoms with Crippen LogP contribution in [0.5, 0.6) is 0 Å². The summed E-state index contributed by atoms with van der Waals surface area (Å²) in [5.74, 6) is 0.0458. The van der Waals surface area contributed by atoms with Crippen LogP contribution in [0.3, 0.4) is 0 Å². The number of unbranched alkanes of at least 4 members (excludes halogenated alkanes) is 1. The Morgan fingerprint density at radius 1 is 1.18 bits per heavy atom. The average molecular weight is 323 g/mol. The maximum Gasteiger partial charge on any atom is 0.220 e. The molecule has 1 aliphatic rings. The van der Waals surface area contributed by atoms with Crippen molar-refractivity contribution >= 4 is 15.7 Å². The first-order valence-corrected chi connectivity index (χ1v) is 9.68. The summed E-state index contributed by atoms with van der Waals surface area (Å²) in [5, 5.41) is 2.64. The summed E-state index contributed by atoms with van der Waals surface area (Å²) < 4.78 is 24.9. The van der Waals surface area contributed by atoms with Crippen LogP contribution in [0.15, 0.2) is 29.2 Å². The summed E-state index contributed by atoms with van der Waals surface area (Å²) in [6.45, 7) is 2.50. The summed E-state index contributed by atoms with van der Waals surface area (Å²) in [7, 11) is -3.19. The number of benzene rings is 1. The second-order valence-electron chi connectivity index (χ2n) is 5.98. The number of carbonyl (C=O) groups is 1. The largest absolute Gasteiger partial charge is 0.352 e. The van der Waals surface area contributed by atoms with E-state index >= 15 is 0 Å². The molecule has 4 nitrogen and oxygen atoms in total. The summed E-state index contributed by atoms with van der Waals surface area (Å²) in [6, 6.07) is 6.92. The molecule has 22 heavy (non-hydrogen) atoms. The fraction of sp³-hybridized carbons (Fsp3) is 0.588. The van der Waals surface area contributed by atoms with Gasteiger partial charge in [0.05, 0.1) is 10.1 Å². The van der Waals surface area contributed by atoms with E-state index in [4.69, 9.17) is 0 Å². The van der Waals surface area contributed by atoms with Crippen LogP contribution in [0, 0.1) is 0 Å². The van der Waals surface area contributed by atoms with Crippen LogP contribution in [0.2, 0.25) is 0 Å². The molecule has 1 saturated carbocycles. The fourth-order valence-corrected chi connectivity index (χ4v) is 4.67. The van der Waals surface area contributed by atoms with Gasteiger partial charge in [0.1, 0.15) is 0 Å². The molecule has 1 fully saturated rings. The van der Waals surface area contributed by atoms with Gasteiger partial charge in [-0.1, -0.05) is 38.3 Å². The third-order valence-electron chi connectivity index (χ3n) is 4.24. The van der Waals surface area contributed by atoms with Gasteiger partial charge in [0.2, 0.25) is 5.91 Å². The van der Waals surface area contributed by atoms with Crippen LogP contribution in [0.25, 0.3) is 0 Å². The Bertz CT molecular complexity index is 587. The molecule has 1 aromatic carbocycles. The van der Waals surface area contributed by atoms with Crippen molar-refractivity contribution in [3.8, 4) is 0 Å². The lowest BCUT2D eigenvalue weighted by atomic mass is 10.2. The first-order valence-electron chi connectivity index (χ1n) is 8.13. The Labute approximate surface area is 133 Å². The second-order valence-corrected chi connectivity index (χ2v) is 8.20. The van der Waals surface area contributed by atoms with Crippen LogP contribution in [-0.2, 0) is 21.2 Å². The molecule has 1 N–H and O–H groups in total. The lowest BCUT2D eigenvalue weighted by Crippen LogP contribution is -2.22. The quantitative estimate of drug-likeness (QED) is 0.838. The van der Waals surface area contributed by atoms with Gasteiger partial charge in [-0.25, -0.2) is 8.42 Å². The highest BCUT2D eigenvalue weighted by molar-refractivity contribution is 7.92. The van der Waals surface area contributed by atoms with Crippen molar-refractivity contribution in [3.63, 3.8) is 0 Å². The number of sulfone groups is 1. The van der Waals surface area contributed by atoms with Crippen LogP contribution < -0.4 is 5.32 Å². The Morgan fingerprint density at radius 2 is 1.82 bits per heavy atom. The van der Waals surface area contributed by atoms with E-state index in [1.807, 2.05) is 0 Å². The second kappa shape index (κ2) is 7.77. The van der Waals surface area contributed by atoms with Gasteiger partial charge in [0, 0.05) is 13.0 Å². The standard InChI is InChI=1S/C17H25NO3S/c1-2-3-8-17(19)18-13-14-9-11-16(12-10-14)22(20,21)15-6-4-5-7-15/h9-12,15H,2-8,13H2,1H3,(H,18,19). The van der Waals surface area contributed by atoms with E-state index in [-0.39, 0.29) is 11.2 Å². The van der Waals surface area contributed by atoms with E-state index in [0.717, 1.165) is 44.1 Å². The van der Waals surface area contributed by atoms with Gasteiger partial charge in [-0.05, 0) is 37.0 Å². The number of hydrogen-bond donors (Lipinski definition) is 1. The number of rotatable bonds is 7. The van der Waals surface area contributed by atoms with Gasteiger partial charge in [-0.2, -0.15) is 0 Å². The normalized spacial score (nSPS) is 15.9. The molecule has 1 aliphatic carbocycles. The Kier molecular flexibility index (Phi) is 6.00. The predicted molar refractivity (Wildman–Crippen MR) is 87.3 cm³/mol. The molecule has 0 aliphatic heterocycles. The lowest BCUT2D eigenvalue weighted by molar-refractivity contribution is -0.121. The van der Waals surface area contributed by atoms with Crippen molar-refractivity contribution in [1.29, 1.82) is 0 Å². The van der Waals surface area contributed by atoms with E-state index < -0.39 is 9.84 Å². The van der Waals surface area contributed by atoms with E-state index in [2.05, 4.69) is 12.2 Å². The van der Waals surface area contributed by atoms with Crippen molar-refractivity contribution in [3.05, 3.63) is 29.8 Å². The van der Waals surface area contributed by atoms with Crippen molar-refractivity contribution in [2.75, 3.05) is 0 Å². The molecule has 0 radical (unpaired) electrons. The molecule has 5 heteroatoms. The van der Waals surface area contributed by atoms with Gasteiger partial charge in [0.15, 0.2) is 9.84 Å². The minimum atomic E-state index is -3.19. The fourth-order valence-electron chi connectivity index (χ4n) is 2.81. The van der Waals surface area contributed by atoms with Crippen LogP contribution >= 0.6 is 0 Å². The summed E-state index contributed by atoms with van der Waals surface area (Å²) in [5.41, 5.74) is 0.926. The Hall–Kier alpha value is -1.36. The highest BCUT2D eigenvalue weighted by atomic mass is 32.2. The molecule has 2 rings (SSSR count). The molecule has 0 atom stereocenters. The zero-order valence-corrected chi connectivity index (χ0v) is 14.0. The molecule has 1 aromatic rings. The molecule has 0 aromatic heterocycles. The summed E-state index contributed by atoms with van der Waals surface area (Å²) in [4.78, 5) is 12.0. The first kappa shape index (κ1) is 17.0. The van der Waals surface area contributed by atoms with E-state index in [9.17, 15) is 13.2 Å². The van der Waals surface area contributed by atoms with E-state index in [1.165, 1.54) is 0 Å². The van der Waals surface area contributed by atoms with Crippen molar-refractivity contribution < 1.29 is 13.2 Å². The molecule has 0 spiro atoms. The van der Waals surface area contributed by atoms with Crippen molar-refractivity contribution in [1.82, 2.24) is 5.32 Å². The highest BCUT2D eigenvalue weighted by Crippen LogP contribution is 2.29. The minimum Gasteiger partial charge on any atom is -0.352 e. The molecule has 0 bridgehead atoms. The molecule has 1 amide bonds. The van der Waals surface area contributed by atoms with E-state index in [1.54, 1.807) is 24.3 Å². The SMILES string of the molecule is CCCCC(=O)NCc1ccc(S(=O)(=O)C2CCCC2)cc1. The third-order valence-corrected chi connectivity index (χ3v) is 6.52. The Morgan fingerprint density at radius 3 is 2.41 bits per heavy atom. The molecular weight excluding hydrogens is 298 g/mol. The Balaban J connectivity index is 1.94. The van der Waals surface area contributed by atoms with Crippen molar-refractivity contribution in [2.45, 2.75) is 68.6 Å². The van der Waals surface area contributed by atoms with Gasteiger partial charge < -0.3 is 5.32 Å². The zero-order chi connectivity index (χ0) is 16.0. The third kappa shape index (κ3) is 4.32. The maximum atomic E-state index is 12.5. The van der Waals surface area contributed by atoms with Crippen LogP contribution in [-0.4, -0.2) is 19.6 Å². The number of hydrogen-bond acceptors (Lipinski definition) is 3. The topological polar surface area (TPSA) is 63.2 Å². The number of amides is 1. The molecule has 0 heterocycles. The van der Waals surface area contributed by atoms with E-state index in [0.29, 0.717) is 17.9 Å². The van der Waals surface area contributed by atoms with Gasteiger partial charge >= 0.3 is 0 Å². The number of nitrogens with one attached hydrogen (secondary N) is 1. The monoisotopic (exact) mass is 323 g/mol. The summed E-state index contributed by atoms with van der Waals surface area (Å²) >= 11 is 0. The predicted octanol–water partition coefficient (Wildman–Crippen LogP) is 3.21. The first-order chi connectivity index (χ1) is 10.5. The van der Waals surface area contributed by atoms with Crippen molar-refractivity contribution in [2.24, 2.45) is 0 Å². The van der Waals surface area contributed by atoms with Gasteiger partial charge in [0.25, 0.3) is 0 Å². The number of carbonyl (C=O) groups excluding carboxylic acids is 1. The average Bonchev–Trinajstić information content (AvgIpc) is 3.06. The van der Waals surface area contributed by atoms with Crippen LogP contribution in [0.4, 0.5) is 0 Å².